The third-order valence-corrected chi connectivity index (χ3v) is 3.18. The fourth-order valence-electron chi connectivity index (χ4n) is 1.57. The summed E-state index contributed by atoms with van der Waals surface area (Å²) in [6.07, 6.45) is 1.94. The fourth-order valence-corrected chi connectivity index (χ4v) is 2.02. The molecule has 0 aliphatic heterocycles. The van der Waals surface area contributed by atoms with Gasteiger partial charge in [0.25, 0.3) is 0 Å². The van der Waals surface area contributed by atoms with E-state index in [1.54, 1.807) is 42.1 Å². The number of halogens is 1. The van der Waals surface area contributed by atoms with E-state index in [1.165, 1.54) is 12.1 Å². The predicted molar refractivity (Wildman–Crippen MR) is 68.1 cm³/mol. The van der Waals surface area contributed by atoms with Crippen LogP contribution in [-0.2, 0) is 0 Å². The van der Waals surface area contributed by atoms with Crippen LogP contribution in [0.25, 0.3) is 0 Å². The highest BCUT2D eigenvalue weighted by Gasteiger charge is 2.13. The smallest absolute Gasteiger partial charge is 0.196 e. The van der Waals surface area contributed by atoms with Crippen molar-refractivity contribution in [2.45, 2.75) is 4.90 Å². The van der Waals surface area contributed by atoms with Gasteiger partial charge in [0.1, 0.15) is 5.82 Å². The highest BCUT2D eigenvalue weighted by molar-refractivity contribution is 7.98. The normalized spacial score (nSPS) is 10.2. The lowest BCUT2D eigenvalue weighted by molar-refractivity contribution is 0.103. The summed E-state index contributed by atoms with van der Waals surface area (Å²) in [4.78, 5) is 13.1. The third-order valence-electron chi connectivity index (χ3n) is 2.45. The van der Waals surface area contributed by atoms with Gasteiger partial charge < -0.3 is 0 Å². The first-order chi connectivity index (χ1) is 8.22. The Labute approximate surface area is 104 Å². The van der Waals surface area contributed by atoms with E-state index in [2.05, 4.69) is 0 Å². The molecule has 0 aliphatic rings. The van der Waals surface area contributed by atoms with Crippen LogP contribution < -0.4 is 0 Å². The predicted octanol–water partition coefficient (Wildman–Crippen LogP) is 3.78. The first-order valence-electron chi connectivity index (χ1n) is 5.15. The van der Waals surface area contributed by atoms with Crippen LogP contribution in [0.4, 0.5) is 4.39 Å². The second-order valence-corrected chi connectivity index (χ2v) is 4.42. The van der Waals surface area contributed by atoms with Gasteiger partial charge in [0.05, 0.1) is 5.56 Å². The Kier molecular flexibility index (Phi) is 3.59. The molecule has 0 radical (unpaired) electrons. The van der Waals surface area contributed by atoms with Crippen molar-refractivity contribution in [3.8, 4) is 0 Å². The first kappa shape index (κ1) is 11.9. The van der Waals surface area contributed by atoms with Gasteiger partial charge in [-0.05, 0) is 30.5 Å². The lowest BCUT2D eigenvalue weighted by atomic mass is 10.0. The summed E-state index contributed by atoms with van der Waals surface area (Å²) in [6, 6.07) is 13.2. The summed E-state index contributed by atoms with van der Waals surface area (Å²) in [5.74, 6) is -0.758. The Balaban J connectivity index is 2.40. The molecule has 86 valence electrons. The number of thioether (sulfide) groups is 1. The molecule has 17 heavy (non-hydrogen) atoms. The van der Waals surface area contributed by atoms with Crippen molar-refractivity contribution in [3.63, 3.8) is 0 Å². The molecule has 0 amide bonds. The quantitative estimate of drug-likeness (QED) is 0.605. The SMILES string of the molecule is CSc1cccc(C(=O)c2ccccc2F)c1. The van der Waals surface area contributed by atoms with Crippen LogP contribution in [0.3, 0.4) is 0 Å². The van der Waals surface area contributed by atoms with E-state index < -0.39 is 5.82 Å². The van der Waals surface area contributed by atoms with Crippen molar-refractivity contribution in [3.05, 3.63) is 65.5 Å². The summed E-state index contributed by atoms with van der Waals surface area (Å²) >= 11 is 1.55. The summed E-state index contributed by atoms with van der Waals surface area (Å²) in [6.45, 7) is 0. The summed E-state index contributed by atoms with van der Waals surface area (Å²) in [5.41, 5.74) is 0.632. The van der Waals surface area contributed by atoms with Crippen LogP contribution in [0, 0.1) is 5.82 Å². The van der Waals surface area contributed by atoms with Gasteiger partial charge in [0.2, 0.25) is 0 Å². The molecule has 0 bridgehead atoms. The lowest BCUT2D eigenvalue weighted by Crippen LogP contribution is -2.03. The van der Waals surface area contributed by atoms with Gasteiger partial charge in [0, 0.05) is 10.5 Å². The summed E-state index contributed by atoms with van der Waals surface area (Å²) in [7, 11) is 0. The van der Waals surface area contributed by atoms with Crippen molar-refractivity contribution in [1.82, 2.24) is 0 Å². The Morgan fingerprint density at radius 2 is 1.88 bits per heavy atom. The molecule has 0 atom stereocenters. The second-order valence-electron chi connectivity index (χ2n) is 3.54. The van der Waals surface area contributed by atoms with E-state index in [4.69, 9.17) is 0 Å². The summed E-state index contributed by atoms with van der Waals surface area (Å²) in [5, 5.41) is 0. The van der Waals surface area contributed by atoms with Crippen LogP contribution in [0.5, 0.6) is 0 Å². The Hall–Kier alpha value is -1.61. The topological polar surface area (TPSA) is 17.1 Å². The minimum absolute atomic E-state index is 0.116. The van der Waals surface area contributed by atoms with Crippen molar-refractivity contribution in [2.75, 3.05) is 6.26 Å². The standard InChI is InChI=1S/C14H11FOS/c1-17-11-6-4-5-10(9-11)14(16)12-7-2-3-8-13(12)15/h2-9H,1H3. The van der Waals surface area contributed by atoms with Gasteiger partial charge in [-0.3, -0.25) is 4.79 Å². The van der Waals surface area contributed by atoms with Gasteiger partial charge in [-0.2, -0.15) is 0 Å². The fraction of sp³-hybridized carbons (Fsp3) is 0.0714. The maximum atomic E-state index is 13.5. The zero-order chi connectivity index (χ0) is 12.3. The van der Waals surface area contributed by atoms with Crippen LogP contribution >= 0.6 is 11.8 Å². The average Bonchev–Trinajstić information content (AvgIpc) is 2.38. The van der Waals surface area contributed by atoms with E-state index in [9.17, 15) is 9.18 Å². The van der Waals surface area contributed by atoms with Gasteiger partial charge in [-0.25, -0.2) is 4.39 Å². The highest BCUT2D eigenvalue weighted by atomic mass is 32.2. The van der Waals surface area contributed by atoms with Gasteiger partial charge >= 0.3 is 0 Å². The molecule has 1 nitrogen and oxygen atoms in total. The van der Waals surface area contributed by atoms with Gasteiger partial charge in [0.15, 0.2) is 5.78 Å². The number of rotatable bonds is 3. The largest absolute Gasteiger partial charge is 0.288 e. The highest BCUT2D eigenvalue weighted by Crippen LogP contribution is 2.19. The number of carbonyl (C=O) groups is 1. The number of carbonyl (C=O) groups excluding carboxylic acids is 1. The molecule has 0 saturated heterocycles. The summed E-state index contributed by atoms with van der Waals surface area (Å²) < 4.78 is 13.5. The Bertz CT molecular complexity index is 551. The van der Waals surface area contributed by atoms with Gasteiger partial charge in [-0.1, -0.05) is 24.3 Å². The van der Waals surface area contributed by atoms with E-state index in [-0.39, 0.29) is 11.3 Å². The number of hydrogen-bond donors (Lipinski definition) is 0. The van der Waals surface area contributed by atoms with Crippen molar-refractivity contribution >= 4 is 17.5 Å². The Morgan fingerprint density at radius 1 is 1.12 bits per heavy atom. The minimum atomic E-state index is -0.480. The van der Waals surface area contributed by atoms with Gasteiger partial charge in [-0.15, -0.1) is 11.8 Å². The average molecular weight is 246 g/mol. The third kappa shape index (κ3) is 2.56. The molecule has 0 aliphatic carbocycles. The van der Waals surface area contributed by atoms with E-state index in [0.717, 1.165) is 4.90 Å². The maximum Gasteiger partial charge on any atom is 0.196 e. The molecule has 2 aromatic rings. The van der Waals surface area contributed by atoms with Crippen LogP contribution in [0.1, 0.15) is 15.9 Å². The van der Waals surface area contributed by atoms with E-state index in [1.807, 2.05) is 12.3 Å². The molecular formula is C14H11FOS. The molecule has 0 spiro atoms. The maximum absolute atomic E-state index is 13.5. The monoisotopic (exact) mass is 246 g/mol. The van der Waals surface area contributed by atoms with Crippen LogP contribution in [0.2, 0.25) is 0 Å². The number of benzene rings is 2. The zero-order valence-electron chi connectivity index (χ0n) is 9.31. The molecular weight excluding hydrogens is 235 g/mol. The number of hydrogen-bond acceptors (Lipinski definition) is 2. The number of ketones is 1. The Morgan fingerprint density at radius 3 is 2.59 bits per heavy atom. The molecule has 0 N–H and O–H groups in total. The molecule has 0 aromatic heterocycles. The molecule has 0 saturated carbocycles. The van der Waals surface area contributed by atoms with Crippen molar-refractivity contribution in [2.24, 2.45) is 0 Å². The minimum Gasteiger partial charge on any atom is -0.288 e. The molecule has 0 unspecified atom stereocenters. The molecule has 0 heterocycles. The first-order valence-corrected chi connectivity index (χ1v) is 6.38. The lowest BCUT2D eigenvalue weighted by Gasteiger charge is -2.04. The van der Waals surface area contributed by atoms with Crippen LogP contribution in [0.15, 0.2) is 53.4 Å². The second kappa shape index (κ2) is 5.15. The van der Waals surface area contributed by atoms with E-state index >= 15 is 0 Å². The molecule has 2 rings (SSSR count). The van der Waals surface area contributed by atoms with Crippen molar-refractivity contribution < 1.29 is 9.18 Å². The van der Waals surface area contributed by atoms with Crippen molar-refractivity contribution in [1.29, 1.82) is 0 Å². The molecule has 3 heteroatoms. The van der Waals surface area contributed by atoms with Crippen LogP contribution in [-0.4, -0.2) is 12.0 Å². The molecule has 2 aromatic carbocycles. The zero-order valence-corrected chi connectivity index (χ0v) is 10.1. The molecule has 0 fully saturated rings. The van der Waals surface area contributed by atoms with E-state index in [0.29, 0.717) is 5.56 Å².